The molecule has 5 N–H and O–H groups in total. The Hall–Kier alpha value is -4.16. The molecule has 2 aliphatic carbocycles. The molecule has 3 aliphatic rings. The van der Waals surface area contributed by atoms with E-state index < -0.39 is 63.6 Å². The Bertz CT molecular complexity index is 2260. The molecule has 14 nitrogen and oxygen atoms in total. The molecule has 1 aliphatic heterocycles. The number of sulfonamides is 1. The van der Waals surface area contributed by atoms with Crippen LogP contribution in [0.5, 0.6) is 5.75 Å². The zero-order valence-corrected chi connectivity index (χ0v) is 39.3. The predicted molar refractivity (Wildman–Crippen MR) is 242 cm³/mol. The SMILES string of the molecule is COc1c(-c2cc(C(=O)N[C@H](CN(C)C)[C@@H](NS(C)(=O)=O)c3ccccc3)cc(N(C)C)c2)ccc(F)c1CN1O[C@@H](CO)[C@]2(CC2(C)O)[C@H]1C(=O)N[C@H]1C[C@@H](C)C(C)(C)C[C@@H]1C. The number of rotatable bonds is 16. The third-order valence-electron chi connectivity index (χ3n) is 13.9. The van der Waals surface area contributed by atoms with Gasteiger partial charge in [0.05, 0.1) is 49.6 Å². The molecule has 3 aromatic carbocycles. The lowest BCUT2D eigenvalue weighted by molar-refractivity contribution is -0.182. The number of nitrogens with zero attached hydrogens (tertiary/aromatic N) is 3. The van der Waals surface area contributed by atoms with Crippen molar-refractivity contribution >= 4 is 27.5 Å². The van der Waals surface area contributed by atoms with Gasteiger partial charge in [0.1, 0.15) is 23.7 Å². The number of hydrogen-bond donors (Lipinski definition) is 5. The normalized spacial score (nSPS) is 27.8. The Morgan fingerprint density at radius 3 is 2.29 bits per heavy atom. The number of nitrogens with one attached hydrogen (secondary N) is 3. The molecule has 63 heavy (non-hydrogen) atoms. The second-order valence-electron chi connectivity index (χ2n) is 19.6. The topological polar surface area (TPSA) is 173 Å². The zero-order chi connectivity index (χ0) is 46.4. The fourth-order valence-electron chi connectivity index (χ4n) is 10.1. The Kier molecular flexibility index (Phi) is 14.1. The van der Waals surface area contributed by atoms with Gasteiger partial charge in [0.15, 0.2) is 0 Å². The van der Waals surface area contributed by atoms with Crippen molar-refractivity contribution in [2.75, 3.05) is 59.6 Å². The van der Waals surface area contributed by atoms with Gasteiger partial charge >= 0.3 is 0 Å². The average Bonchev–Trinajstić information content (AvgIpc) is 3.63. The maximum Gasteiger partial charge on any atom is 0.251 e. The second-order valence-corrected chi connectivity index (χ2v) is 21.3. The number of hydroxylamine groups is 2. The lowest BCUT2D eigenvalue weighted by Gasteiger charge is -2.45. The number of methoxy groups -OCH3 is 1. The summed E-state index contributed by atoms with van der Waals surface area (Å²) in [4.78, 5) is 38.9. The summed E-state index contributed by atoms with van der Waals surface area (Å²) in [5.41, 5.74) is 0.290. The fourth-order valence-corrected chi connectivity index (χ4v) is 10.8. The highest BCUT2D eigenvalue weighted by Crippen LogP contribution is 2.66. The summed E-state index contributed by atoms with van der Waals surface area (Å²) >= 11 is 0. The van der Waals surface area contributed by atoms with E-state index in [9.17, 15) is 28.2 Å². The van der Waals surface area contributed by atoms with Crippen molar-refractivity contribution in [2.24, 2.45) is 22.7 Å². The van der Waals surface area contributed by atoms with Crippen molar-refractivity contribution in [1.82, 2.24) is 25.3 Å². The molecule has 9 atom stereocenters. The number of ether oxygens (including phenoxy) is 1. The largest absolute Gasteiger partial charge is 0.496 e. The Labute approximate surface area is 372 Å². The van der Waals surface area contributed by atoms with E-state index in [2.05, 4.69) is 43.1 Å². The van der Waals surface area contributed by atoms with Crippen LogP contribution in [0.2, 0.25) is 0 Å². The quantitative estimate of drug-likeness (QED) is 0.135. The van der Waals surface area contributed by atoms with Crippen molar-refractivity contribution < 1.29 is 42.2 Å². The van der Waals surface area contributed by atoms with Crippen LogP contribution in [0, 0.1) is 28.5 Å². The molecular weight excluding hydrogens is 828 g/mol. The van der Waals surface area contributed by atoms with Crippen molar-refractivity contribution in [3.8, 4) is 16.9 Å². The number of amides is 2. The number of likely N-dealkylation sites (N-methyl/N-ethyl adjacent to an activating group) is 1. The van der Waals surface area contributed by atoms with Crippen LogP contribution in [-0.4, -0.2) is 125 Å². The van der Waals surface area contributed by atoms with Crippen LogP contribution in [0.1, 0.15) is 81.4 Å². The van der Waals surface area contributed by atoms with E-state index in [-0.39, 0.29) is 53.1 Å². The summed E-state index contributed by atoms with van der Waals surface area (Å²) in [6.45, 7) is 10.0. The minimum absolute atomic E-state index is 0.0769. The molecule has 6 rings (SSSR count). The van der Waals surface area contributed by atoms with Crippen LogP contribution >= 0.6 is 0 Å². The molecule has 1 unspecified atom stereocenters. The maximum absolute atomic E-state index is 16.3. The van der Waals surface area contributed by atoms with E-state index >= 15 is 4.39 Å². The average molecular weight is 895 g/mol. The molecule has 346 valence electrons. The molecule has 16 heteroatoms. The first-order valence-electron chi connectivity index (χ1n) is 21.7. The van der Waals surface area contributed by atoms with Gasteiger partial charge < -0.3 is 35.4 Å². The molecule has 3 fully saturated rings. The van der Waals surface area contributed by atoms with E-state index in [0.717, 1.165) is 19.1 Å². The second kappa shape index (κ2) is 18.4. The number of aliphatic hydroxyl groups excluding tert-OH is 1. The minimum atomic E-state index is -3.70. The third kappa shape index (κ3) is 10.1. The molecule has 1 saturated heterocycles. The van der Waals surface area contributed by atoms with E-state index in [0.29, 0.717) is 34.8 Å². The number of halogens is 1. The fraction of sp³-hybridized carbons (Fsp3) is 0.574. The first-order valence-corrected chi connectivity index (χ1v) is 23.5. The predicted octanol–water partition coefficient (Wildman–Crippen LogP) is 4.71. The molecule has 2 saturated carbocycles. The van der Waals surface area contributed by atoms with Gasteiger partial charge in [-0.05, 0) is 99.0 Å². The van der Waals surface area contributed by atoms with Crippen molar-refractivity contribution in [3.05, 3.63) is 83.2 Å². The minimum Gasteiger partial charge on any atom is -0.496 e. The van der Waals surface area contributed by atoms with Crippen LogP contribution in [0.3, 0.4) is 0 Å². The molecule has 2 amide bonds. The van der Waals surface area contributed by atoms with Gasteiger partial charge in [0.2, 0.25) is 15.9 Å². The van der Waals surface area contributed by atoms with Gasteiger partial charge in [-0.3, -0.25) is 14.4 Å². The number of aliphatic hydroxyl groups is 2. The van der Waals surface area contributed by atoms with Gasteiger partial charge in [-0.1, -0.05) is 58.0 Å². The number of carbonyl (C=O) groups is 2. The van der Waals surface area contributed by atoms with E-state index in [1.54, 1.807) is 49.4 Å². The van der Waals surface area contributed by atoms with Gasteiger partial charge in [0, 0.05) is 49.1 Å². The highest BCUT2D eigenvalue weighted by molar-refractivity contribution is 7.88. The van der Waals surface area contributed by atoms with Gasteiger partial charge in [-0.25, -0.2) is 17.5 Å². The van der Waals surface area contributed by atoms with Crippen LogP contribution in [-0.2, 0) is 26.2 Å². The summed E-state index contributed by atoms with van der Waals surface area (Å²) in [6.07, 6.45) is 2.06. The van der Waals surface area contributed by atoms with Crippen LogP contribution in [0.25, 0.3) is 11.1 Å². The highest BCUT2D eigenvalue weighted by Gasteiger charge is 2.78. The summed E-state index contributed by atoms with van der Waals surface area (Å²) < 4.78 is 50.3. The summed E-state index contributed by atoms with van der Waals surface area (Å²) in [7, 11) is 5.04. The first kappa shape index (κ1) is 48.3. The Morgan fingerprint density at radius 1 is 1.05 bits per heavy atom. The number of anilines is 1. The molecule has 0 aromatic heterocycles. The van der Waals surface area contributed by atoms with Crippen LogP contribution in [0.4, 0.5) is 10.1 Å². The van der Waals surface area contributed by atoms with E-state index in [1.807, 2.05) is 50.1 Å². The van der Waals surface area contributed by atoms with E-state index in [1.165, 1.54) is 18.2 Å². The Balaban J connectivity index is 1.36. The first-order chi connectivity index (χ1) is 29.4. The third-order valence-corrected chi connectivity index (χ3v) is 14.5. The van der Waals surface area contributed by atoms with Gasteiger partial charge in [-0.2, -0.15) is 5.06 Å². The summed E-state index contributed by atoms with van der Waals surface area (Å²) in [5.74, 6) is -0.769. The van der Waals surface area contributed by atoms with E-state index in [4.69, 9.17) is 9.57 Å². The number of benzene rings is 3. The molecule has 1 spiro atoms. The maximum atomic E-state index is 16.3. The number of carbonyl (C=O) groups excluding carboxylic acids is 2. The smallest absolute Gasteiger partial charge is 0.251 e. The molecule has 1 heterocycles. The van der Waals surface area contributed by atoms with Crippen molar-refractivity contribution in [2.45, 2.75) is 96.3 Å². The Morgan fingerprint density at radius 2 is 1.71 bits per heavy atom. The standard InChI is InChI=1S/C47H67FN6O8S/c1-28-23-45(3,4)29(2)19-37(28)49-44(57)42-47(27-46(47,5)58)39(26-55)62-54(42)24-35-36(48)18-17-34(41(35)61-10)31-20-32(22-33(21-31)53(8)9)43(56)50-38(25-52(6)7)40(51-63(11,59)60)30-15-13-12-14-16-30/h12-18,20-22,28-29,37-40,42,51,55,58H,19,23-27H2,1-11H3,(H,49,57)(H,50,56)/t28-,29+,37-,38+,39-,40-,42+,46?,47+/m0/s1. The molecular formula is C47H67FN6O8S. The monoisotopic (exact) mass is 894 g/mol. The molecule has 3 aromatic rings. The van der Waals surface area contributed by atoms with Crippen LogP contribution in [0.15, 0.2) is 60.7 Å². The highest BCUT2D eigenvalue weighted by atomic mass is 32.2. The van der Waals surface area contributed by atoms with Crippen LogP contribution < -0.4 is 25.0 Å². The lowest BCUT2D eigenvalue weighted by atomic mass is 9.64. The van der Waals surface area contributed by atoms with Gasteiger partial charge in [0.25, 0.3) is 5.91 Å². The van der Waals surface area contributed by atoms with Gasteiger partial charge in [-0.15, -0.1) is 0 Å². The molecule has 0 bridgehead atoms. The zero-order valence-electron chi connectivity index (χ0n) is 38.5. The van der Waals surface area contributed by atoms with Crippen molar-refractivity contribution in [1.29, 1.82) is 0 Å². The lowest BCUT2D eigenvalue weighted by Crippen LogP contribution is -2.55. The summed E-state index contributed by atoms with van der Waals surface area (Å²) in [5, 5.41) is 29.8. The molecule has 0 radical (unpaired) electrons. The summed E-state index contributed by atoms with van der Waals surface area (Å²) in [6, 6.07) is 14.5. The van der Waals surface area contributed by atoms with Crippen molar-refractivity contribution in [3.63, 3.8) is 0 Å². The number of hydrogen-bond acceptors (Lipinski definition) is 11.